The molecule has 3 nitrogen and oxygen atoms in total. The van der Waals surface area contributed by atoms with Crippen LogP contribution < -0.4 is 10.4 Å². The first-order valence-electron chi connectivity index (χ1n) is 5.88. The maximum atomic E-state index is 6.10. The molecule has 0 saturated carbocycles. The molecule has 1 N–H and O–H groups in total. The summed E-state index contributed by atoms with van der Waals surface area (Å²) in [7, 11) is 0. The van der Waals surface area contributed by atoms with E-state index in [1.54, 1.807) is 0 Å². The van der Waals surface area contributed by atoms with E-state index in [4.69, 9.17) is 16.3 Å². The van der Waals surface area contributed by atoms with Gasteiger partial charge < -0.3 is 4.74 Å². The van der Waals surface area contributed by atoms with Crippen LogP contribution in [0.4, 0.5) is 5.69 Å². The highest BCUT2D eigenvalue weighted by atomic mass is 79.9. The highest BCUT2D eigenvalue weighted by molar-refractivity contribution is 9.10. The Morgan fingerprint density at radius 1 is 1.41 bits per heavy atom. The van der Waals surface area contributed by atoms with E-state index in [0.29, 0.717) is 0 Å². The van der Waals surface area contributed by atoms with Crippen molar-refractivity contribution < 1.29 is 4.74 Å². The number of hydrogen-bond donors (Lipinski definition) is 1. The van der Waals surface area contributed by atoms with Crippen molar-refractivity contribution in [3.8, 4) is 0 Å². The fourth-order valence-electron chi connectivity index (χ4n) is 2.41. The summed E-state index contributed by atoms with van der Waals surface area (Å²) < 4.78 is 6.79. The maximum absolute atomic E-state index is 6.10. The van der Waals surface area contributed by atoms with Crippen LogP contribution in [-0.4, -0.2) is 12.8 Å². The molecule has 1 aromatic carbocycles. The minimum atomic E-state index is 0.151. The number of hydrazine groups is 1. The van der Waals surface area contributed by atoms with Crippen LogP contribution in [0.25, 0.3) is 0 Å². The molecule has 0 aromatic heterocycles. The molecule has 2 aliphatic rings. The monoisotopic (exact) mass is 316 g/mol. The van der Waals surface area contributed by atoms with Gasteiger partial charge in [-0.25, -0.2) is 5.43 Å². The number of anilines is 1. The molecule has 0 spiro atoms. The van der Waals surface area contributed by atoms with Crippen molar-refractivity contribution in [1.29, 1.82) is 0 Å². The normalized spacial score (nSPS) is 23.9. The van der Waals surface area contributed by atoms with Crippen molar-refractivity contribution in [1.82, 2.24) is 5.43 Å². The molecule has 0 amide bonds. The van der Waals surface area contributed by atoms with Gasteiger partial charge in [0.25, 0.3) is 0 Å². The van der Waals surface area contributed by atoms with Crippen molar-refractivity contribution in [3.05, 3.63) is 27.2 Å². The summed E-state index contributed by atoms with van der Waals surface area (Å²) in [5.74, 6) is 0. The molecular formula is C12H14BrClN2O. The lowest BCUT2D eigenvalue weighted by Gasteiger charge is -2.32. The molecule has 0 bridgehead atoms. The van der Waals surface area contributed by atoms with E-state index in [-0.39, 0.29) is 6.23 Å². The third kappa shape index (κ3) is 2.08. The summed E-state index contributed by atoms with van der Waals surface area (Å²) in [5.41, 5.74) is 5.77. The summed E-state index contributed by atoms with van der Waals surface area (Å²) in [6.45, 7) is 1.66. The fraction of sp³-hybridized carbons (Fsp3) is 0.500. The van der Waals surface area contributed by atoms with Crippen molar-refractivity contribution in [2.24, 2.45) is 0 Å². The molecule has 1 aromatic rings. The van der Waals surface area contributed by atoms with E-state index in [0.717, 1.165) is 29.1 Å². The number of ether oxygens (including phenoxy) is 1. The Labute approximate surface area is 114 Å². The predicted octanol–water partition coefficient (Wildman–Crippen LogP) is 3.45. The maximum Gasteiger partial charge on any atom is 0.144 e. The Kier molecular flexibility index (Phi) is 3.30. The quantitative estimate of drug-likeness (QED) is 0.858. The minimum Gasteiger partial charge on any atom is -0.357 e. The second kappa shape index (κ2) is 4.76. The first-order chi connectivity index (χ1) is 8.27. The van der Waals surface area contributed by atoms with Gasteiger partial charge in [-0.2, -0.15) is 0 Å². The molecule has 17 heavy (non-hydrogen) atoms. The van der Waals surface area contributed by atoms with E-state index in [2.05, 4.69) is 32.4 Å². The standard InChI is InChI=1S/C12H14BrClN2O/c13-12-8-7-15-16(10(8)5-4-9(12)14)11-3-1-2-6-17-11/h4-5,11,15H,1-3,6-7H2. The van der Waals surface area contributed by atoms with Gasteiger partial charge >= 0.3 is 0 Å². The largest absolute Gasteiger partial charge is 0.357 e. The van der Waals surface area contributed by atoms with E-state index < -0.39 is 0 Å². The van der Waals surface area contributed by atoms with Crippen LogP contribution in [0.2, 0.25) is 5.02 Å². The number of nitrogens with one attached hydrogen (secondary N) is 1. The SMILES string of the molecule is Clc1ccc2c(c1Br)CNN2C1CCCCO1. The molecule has 1 unspecified atom stereocenters. The molecule has 92 valence electrons. The van der Waals surface area contributed by atoms with Crippen LogP contribution in [0.1, 0.15) is 24.8 Å². The van der Waals surface area contributed by atoms with Gasteiger partial charge in [0, 0.05) is 23.2 Å². The lowest BCUT2D eigenvalue weighted by Crippen LogP contribution is -2.44. The number of halogens is 2. The molecule has 5 heteroatoms. The average Bonchev–Trinajstić information content (AvgIpc) is 2.79. The van der Waals surface area contributed by atoms with Gasteiger partial charge in [-0.3, -0.25) is 5.01 Å². The second-order valence-corrected chi connectivity index (χ2v) is 5.59. The van der Waals surface area contributed by atoms with Gasteiger partial charge in [-0.1, -0.05) is 11.6 Å². The van der Waals surface area contributed by atoms with Gasteiger partial charge in [0.05, 0.1) is 10.7 Å². The molecule has 1 fully saturated rings. The molecule has 3 rings (SSSR count). The van der Waals surface area contributed by atoms with Crippen molar-refractivity contribution >= 4 is 33.2 Å². The van der Waals surface area contributed by atoms with E-state index in [9.17, 15) is 0 Å². The van der Waals surface area contributed by atoms with Crippen molar-refractivity contribution in [2.75, 3.05) is 11.6 Å². The zero-order chi connectivity index (χ0) is 11.8. The molecule has 1 atom stereocenters. The van der Waals surface area contributed by atoms with Gasteiger partial charge in [-0.05, 0) is 47.3 Å². The van der Waals surface area contributed by atoms with Gasteiger partial charge in [0.2, 0.25) is 0 Å². The number of benzene rings is 1. The summed E-state index contributed by atoms with van der Waals surface area (Å²) in [4.78, 5) is 0. The topological polar surface area (TPSA) is 24.5 Å². The summed E-state index contributed by atoms with van der Waals surface area (Å²) in [6.07, 6.45) is 3.62. The van der Waals surface area contributed by atoms with Crippen LogP contribution in [0.15, 0.2) is 16.6 Å². The molecule has 2 heterocycles. The van der Waals surface area contributed by atoms with Crippen LogP contribution >= 0.6 is 27.5 Å². The Hall–Kier alpha value is -0.290. The first-order valence-corrected chi connectivity index (χ1v) is 7.05. The summed E-state index contributed by atoms with van der Waals surface area (Å²) in [6, 6.07) is 3.98. The fourth-order valence-corrected chi connectivity index (χ4v) is 3.06. The Balaban J connectivity index is 1.90. The smallest absolute Gasteiger partial charge is 0.144 e. The summed E-state index contributed by atoms with van der Waals surface area (Å²) in [5, 5.41) is 2.90. The number of fused-ring (bicyclic) bond motifs is 1. The van der Waals surface area contributed by atoms with Gasteiger partial charge in [0.15, 0.2) is 0 Å². The van der Waals surface area contributed by atoms with Crippen molar-refractivity contribution in [2.45, 2.75) is 32.0 Å². The minimum absolute atomic E-state index is 0.151. The molecular weight excluding hydrogens is 304 g/mol. The van der Waals surface area contributed by atoms with E-state index in [1.807, 2.05) is 6.07 Å². The molecule has 0 aliphatic carbocycles. The number of nitrogens with zero attached hydrogens (tertiary/aromatic N) is 1. The molecule has 0 radical (unpaired) electrons. The van der Waals surface area contributed by atoms with E-state index in [1.165, 1.54) is 24.1 Å². The lowest BCUT2D eigenvalue weighted by atomic mass is 10.1. The highest BCUT2D eigenvalue weighted by Crippen LogP contribution is 2.38. The number of rotatable bonds is 1. The van der Waals surface area contributed by atoms with Gasteiger partial charge in [-0.15, -0.1) is 0 Å². The number of hydrogen-bond acceptors (Lipinski definition) is 3. The zero-order valence-corrected chi connectivity index (χ0v) is 11.7. The van der Waals surface area contributed by atoms with E-state index >= 15 is 0 Å². The Morgan fingerprint density at radius 2 is 2.29 bits per heavy atom. The average molecular weight is 318 g/mol. The third-order valence-corrected chi connectivity index (χ3v) is 4.75. The Bertz CT molecular complexity index is 435. The third-order valence-electron chi connectivity index (χ3n) is 3.30. The first kappa shape index (κ1) is 11.8. The summed E-state index contributed by atoms with van der Waals surface area (Å²) >= 11 is 9.64. The van der Waals surface area contributed by atoms with Crippen LogP contribution in [0, 0.1) is 0 Å². The van der Waals surface area contributed by atoms with Crippen LogP contribution in [0.5, 0.6) is 0 Å². The second-order valence-electron chi connectivity index (χ2n) is 4.39. The molecule has 2 aliphatic heterocycles. The lowest BCUT2D eigenvalue weighted by molar-refractivity contribution is 0.00928. The Morgan fingerprint density at radius 3 is 3.06 bits per heavy atom. The zero-order valence-electron chi connectivity index (χ0n) is 9.38. The highest BCUT2D eigenvalue weighted by Gasteiger charge is 2.29. The van der Waals surface area contributed by atoms with Crippen LogP contribution in [0.3, 0.4) is 0 Å². The molecule has 1 saturated heterocycles. The van der Waals surface area contributed by atoms with Crippen molar-refractivity contribution in [3.63, 3.8) is 0 Å². The van der Waals surface area contributed by atoms with Crippen LogP contribution in [-0.2, 0) is 11.3 Å². The predicted molar refractivity (Wildman–Crippen MR) is 72.1 cm³/mol. The van der Waals surface area contributed by atoms with Gasteiger partial charge in [0.1, 0.15) is 6.23 Å².